The number of rotatable bonds is 1. The summed E-state index contributed by atoms with van der Waals surface area (Å²) in [5.41, 5.74) is 1.45. The van der Waals surface area contributed by atoms with Crippen LogP contribution in [0.1, 0.15) is 5.56 Å². The van der Waals surface area contributed by atoms with E-state index in [1.807, 2.05) is 6.92 Å². The Morgan fingerprint density at radius 3 is 2.80 bits per heavy atom. The van der Waals surface area contributed by atoms with Gasteiger partial charge < -0.3 is 4.57 Å². The van der Waals surface area contributed by atoms with Gasteiger partial charge in [-0.3, -0.25) is 5.10 Å². The zero-order valence-electron chi connectivity index (χ0n) is 8.41. The molecule has 0 unspecified atom stereocenters. The predicted octanol–water partition coefficient (Wildman–Crippen LogP) is 2.59. The Bertz CT molecular complexity index is 556. The maximum Gasteiger partial charge on any atom is 0.195 e. The molecule has 1 heterocycles. The van der Waals surface area contributed by atoms with Crippen molar-refractivity contribution in [1.29, 1.82) is 0 Å². The predicted molar refractivity (Wildman–Crippen MR) is 58.5 cm³/mol. The molecule has 0 fully saturated rings. The zero-order valence-corrected chi connectivity index (χ0v) is 9.23. The van der Waals surface area contributed by atoms with E-state index in [-0.39, 0.29) is 5.82 Å². The normalized spacial score (nSPS) is 10.6. The first-order valence-corrected chi connectivity index (χ1v) is 4.88. The minimum absolute atomic E-state index is 0.294. The van der Waals surface area contributed by atoms with E-state index in [0.717, 1.165) is 5.56 Å². The molecular formula is C10H10FN3S. The van der Waals surface area contributed by atoms with E-state index in [2.05, 4.69) is 10.2 Å². The van der Waals surface area contributed by atoms with E-state index in [0.29, 0.717) is 16.2 Å². The maximum absolute atomic E-state index is 13.5. The van der Waals surface area contributed by atoms with Crippen LogP contribution in [0.25, 0.3) is 11.4 Å². The molecule has 0 saturated heterocycles. The molecule has 0 radical (unpaired) electrons. The number of hydrogen-bond donors (Lipinski definition) is 1. The van der Waals surface area contributed by atoms with Gasteiger partial charge in [-0.2, -0.15) is 5.10 Å². The van der Waals surface area contributed by atoms with Gasteiger partial charge in [0.25, 0.3) is 0 Å². The van der Waals surface area contributed by atoms with E-state index in [1.54, 1.807) is 23.7 Å². The molecular weight excluding hydrogens is 213 g/mol. The smallest absolute Gasteiger partial charge is 0.195 e. The van der Waals surface area contributed by atoms with Crippen molar-refractivity contribution in [3.05, 3.63) is 34.4 Å². The molecule has 0 amide bonds. The number of nitrogens with zero attached hydrogens (tertiary/aromatic N) is 2. The fourth-order valence-electron chi connectivity index (χ4n) is 1.40. The van der Waals surface area contributed by atoms with Gasteiger partial charge in [-0.1, -0.05) is 11.6 Å². The second kappa shape index (κ2) is 3.58. The zero-order chi connectivity index (χ0) is 11.0. The molecule has 0 bridgehead atoms. The Labute approximate surface area is 91.6 Å². The Morgan fingerprint density at radius 1 is 1.47 bits per heavy atom. The molecule has 3 nitrogen and oxygen atoms in total. The van der Waals surface area contributed by atoms with Crippen molar-refractivity contribution in [3.8, 4) is 11.4 Å². The Hall–Kier alpha value is -1.49. The minimum atomic E-state index is -0.294. The summed E-state index contributed by atoms with van der Waals surface area (Å²) in [4.78, 5) is 0. The van der Waals surface area contributed by atoms with Gasteiger partial charge in [0, 0.05) is 7.05 Å². The Kier molecular flexibility index (Phi) is 2.40. The second-order valence-corrected chi connectivity index (χ2v) is 3.78. The fourth-order valence-corrected chi connectivity index (χ4v) is 1.53. The quantitative estimate of drug-likeness (QED) is 0.754. The van der Waals surface area contributed by atoms with Crippen molar-refractivity contribution in [2.45, 2.75) is 6.92 Å². The van der Waals surface area contributed by atoms with E-state index in [1.165, 1.54) is 6.07 Å². The van der Waals surface area contributed by atoms with Crippen LogP contribution >= 0.6 is 12.2 Å². The summed E-state index contributed by atoms with van der Waals surface area (Å²) in [6.45, 7) is 1.91. The lowest BCUT2D eigenvalue weighted by Gasteiger charge is -2.03. The molecule has 1 aromatic carbocycles. The van der Waals surface area contributed by atoms with Gasteiger partial charge in [-0.15, -0.1) is 0 Å². The van der Waals surface area contributed by atoms with Gasteiger partial charge in [-0.05, 0) is 31.3 Å². The number of aryl methyl sites for hydroxylation is 1. The SMILES string of the molecule is Cc1ccc(F)c(-c2n[nH]c(=S)n2C)c1. The average molecular weight is 223 g/mol. The van der Waals surface area contributed by atoms with Crippen LogP contribution in [0.5, 0.6) is 0 Å². The lowest BCUT2D eigenvalue weighted by Crippen LogP contribution is -1.95. The summed E-state index contributed by atoms with van der Waals surface area (Å²) in [5, 5.41) is 6.62. The van der Waals surface area contributed by atoms with Crippen molar-refractivity contribution < 1.29 is 4.39 Å². The summed E-state index contributed by atoms with van der Waals surface area (Å²) in [6, 6.07) is 4.91. The van der Waals surface area contributed by atoms with Gasteiger partial charge >= 0.3 is 0 Å². The highest BCUT2D eigenvalue weighted by Gasteiger charge is 2.10. The van der Waals surface area contributed by atoms with Crippen molar-refractivity contribution in [2.24, 2.45) is 7.05 Å². The summed E-state index contributed by atoms with van der Waals surface area (Å²) in [6.07, 6.45) is 0. The number of H-pyrrole nitrogens is 1. The molecule has 15 heavy (non-hydrogen) atoms. The van der Waals surface area contributed by atoms with Crippen LogP contribution in [-0.2, 0) is 7.05 Å². The van der Waals surface area contributed by atoms with E-state index < -0.39 is 0 Å². The largest absolute Gasteiger partial charge is 0.303 e. The third kappa shape index (κ3) is 1.70. The molecule has 0 atom stereocenters. The molecule has 2 aromatic rings. The van der Waals surface area contributed by atoms with Gasteiger partial charge in [0.1, 0.15) is 5.82 Å². The van der Waals surface area contributed by atoms with Crippen molar-refractivity contribution >= 4 is 12.2 Å². The highest BCUT2D eigenvalue weighted by molar-refractivity contribution is 7.71. The van der Waals surface area contributed by atoms with E-state index in [4.69, 9.17) is 12.2 Å². The monoisotopic (exact) mass is 223 g/mol. The molecule has 2 rings (SSSR count). The first-order chi connectivity index (χ1) is 7.09. The van der Waals surface area contributed by atoms with E-state index >= 15 is 0 Å². The number of aromatic amines is 1. The summed E-state index contributed by atoms with van der Waals surface area (Å²) >= 11 is 4.97. The van der Waals surface area contributed by atoms with Crippen LogP contribution < -0.4 is 0 Å². The van der Waals surface area contributed by atoms with Gasteiger partial charge in [0.15, 0.2) is 10.6 Å². The molecule has 1 N–H and O–H groups in total. The average Bonchev–Trinajstić information content (AvgIpc) is 2.52. The highest BCUT2D eigenvalue weighted by Crippen LogP contribution is 2.21. The molecule has 0 aliphatic heterocycles. The molecule has 0 aliphatic carbocycles. The van der Waals surface area contributed by atoms with Crippen molar-refractivity contribution in [2.75, 3.05) is 0 Å². The fraction of sp³-hybridized carbons (Fsp3) is 0.200. The topological polar surface area (TPSA) is 33.6 Å². The number of halogens is 1. The number of nitrogens with one attached hydrogen (secondary N) is 1. The lowest BCUT2D eigenvalue weighted by atomic mass is 10.1. The molecule has 0 spiro atoms. The molecule has 78 valence electrons. The van der Waals surface area contributed by atoms with E-state index in [9.17, 15) is 4.39 Å². The number of benzene rings is 1. The Balaban J connectivity index is 2.68. The van der Waals surface area contributed by atoms with Crippen LogP contribution in [0.3, 0.4) is 0 Å². The third-order valence-corrected chi connectivity index (χ3v) is 2.61. The summed E-state index contributed by atoms with van der Waals surface area (Å²) in [7, 11) is 1.75. The maximum atomic E-state index is 13.5. The number of hydrogen-bond acceptors (Lipinski definition) is 2. The first kappa shape index (κ1) is 10.0. The second-order valence-electron chi connectivity index (χ2n) is 3.39. The lowest BCUT2D eigenvalue weighted by molar-refractivity contribution is 0.628. The van der Waals surface area contributed by atoms with Crippen LogP contribution in [0.15, 0.2) is 18.2 Å². The Morgan fingerprint density at radius 2 is 2.20 bits per heavy atom. The van der Waals surface area contributed by atoms with Crippen LogP contribution in [0.2, 0.25) is 0 Å². The van der Waals surface area contributed by atoms with Gasteiger partial charge in [0.05, 0.1) is 5.56 Å². The standard InChI is InChI=1S/C10H10FN3S/c1-6-3-4-8(11)7(5-6)9-12-13-10(15)14(9)2/h3-5H,1-2H3,(H,13,15). The number of aromatic nitrogens is 3. The third-order valence-electron chi connectivity index (χ3n) is 2.24. The molecule has 1 aromatic heterocycles. The van der Waals surface area contributed by atoms with Gasteiger partial charge in [-0.25, -0.2) is 4.39 Å². The molecule has 0 aliphatic rings. The molecule has 0 saturated carbocycles. The van der Waals surface area contributed by atoms with Crippen molar-refractivity contribution in [3.63, 3.8) is 0 Å². The van der Waals surface area contributed by atoms with Crippen LogP contribution in [-0.4, -0.2) is 14.8 Å². The highest BCUT2D eigenvalue weighted by atomic mass is 32.1. The van der Waals surface area contributed by atoms with Gasteiger partial charge in [0.2, 0.25) is 0 Å². The summed E-state index contributed by atoms with van der Waals surface area (Å²) < 4.78 is 15.7. The minimum Gasteiger partial charge on any atom is -0.303 e. The van der Waals surface area contributed by atoms with Crippen LogP contribution in [0, 0.1) is 17.5 Å². The first-order valence-electron chi connectivity index (χ1n) is 4.47. The summed E-state index contributed by atoms with van der Waals surface area (Å²) in [5.74, 6) is 0.221. The van der Waals surface area contributed by atoms with Crippen molar-refractivity contribution in [1.82, 2.24) is 14.8 Å². The molecule has 5 heteroatoms. The van der Waals surface area contributed by atoms with Crippen LogP contribution in [0.4, 0.5) is 4.39 Å².